The van der Waals surface area contributed by atoms with Crippen LogP contribution >= 0.6 is 12.6 Å². The van der Waals surface area contributed by atoms with Crippen molar-refractivity contribution in [1.82, 2.24) is 14.6 Å². The van der Waals surface area contributed by atoms with Gasteiger partial charge in [0.05, 0.1) is 6.20 Å². The largest absolute Gasteiger partial charge is 0.236 e. The fourth-order valence-electron chi connectivity index (χ4n) is 1.14. The minimum atomic E-state index is 0.726. The van der Waals surface area contributed by atoms with Crippen molar-refractivity contribution in [3.8, 4) is 0 Å². The second-order valence-electron chi connectivity index (χ2n) is 2.57. The van der Waals surface area contributed by atoms with Gasteiger partial charge in [-0.05, 0) is 6.07 Å². The molecule has 2 heterocycles. The van der Waals surface area contributed by atoms with E-state index in [1.54, 1.807) is 16.9 Å². The van der Waals surface area contributed by atoms with Gasteiger partial charge in [-0.15, -0.1) is 0 Å². The van der Waals surface area contributed by atoms with Crippen molar-refractivity contribution in [2.75, 3.05) is 5.75 Å². The van der Waals surface area contributed by atoms with Crippen LogP contribution in [0.5, 0.6) is 0 Å². The third-order valence-corrected chi connectivity index (χ3v) is 1.92. The summed E-state index contributed by atoms with van der Waals surface area (Å²) in [6, 6.07) is 1.85. The average molecular weight is 191 g/mol. The molecule has 0 bridgehead atoms. The molecule has 0 fully saturated rings. The standard InChI is InChI=1S/C9H9N3S/c13-6-1-3-8-7-11-12-5-2-4-10-9(8)12/h1-5,7,13H,6H2. The van der Waals surface area contributed by atoms with Crippen LogP contribution in [0.25, 0.3) is 11.7 Å². The molecule has 0 amide bonds. The summed E-state index contributed by atoms with van der Waals surface area (Å²) in [6.07, 6.45) is 9.37. The Hall–Kier alpha value is -1.29. The van der Waals surface area contributed by atoms with E-state index < -0.39 is 0 Å². The Bertz CT molecular complexity index is 433. The molecule has 0 atom stereocenters. The van der Waals surface area contributed by atoms with Gasteiger partial charge in [-0.25, -0.2) is 9.50 Å². The molecule has 0 saturated heterocycles. The lowest BCUT2D eigenvalue weighted by atomic mass is 10.3. The van der Waals surface area contributed by atoms with Crippen molar-refractivity contribution >= 4 is 24.4 Å². The van der Waals surface area contributed by atoms with Crippen LogP contribution in [0, 0.1) is 0 Å². The Balaban J connectivity index is 2.52. The first-order chi connectivity index (χ1) is 6.42. The SMILES string of the molecule is SCC=Cc1cnn2cccnc12. The fourth-order valence-corrected chi connectivity index (χ4v) is 1.25. The highest BCUT2D eigenvalue weighted by Gasteiger charge is 1.99. The van der Waals surface area contributed by atoms with E-state index in [0.717, 1.165) is 17.0 Å². The number of hydrogen-bond donors (Lipinski definition) is 1. The molecule has 0 aliphatic rings. The van der Waals surface area contributed by atoms with Crippen LogP contribution in [0.1, 0.15) is 5.56 Å². The summed E-state index contributed by atoms with van der Waals surface area (Å²) in [5.41, 5.74) is 1.90. The predicted octanol–water partition coefficient (Wildman–Crippen LogP) is 1.67. The van der Waals surface area contributed by atoms with Crippen LogP contribution in [0.15, 0.2) is 30.7 Å². The topological polar surface area (TPSA) is 30.2 Å². The molecule has 4 heteroatoms. The van der Waals surface area contributed by atoms with E-state index in [4.69, 9.17) is 0 Å². The van der Waals surface area contributed by atoms with E-state index in [-0.39, 0.29) is 0 Å². The molecule has 0 N–H and O–H groups in total. The lowest BCUT2D eigenvalue weighted by molar-refractivity contribution is 0.939. The van der Waals surface area contributed by atoms with Crippen LogP contribution in [0.4, 0.5) is 0 Å². The summed E-state index contributed by atoms with van der Waals surface area (Å²) in [5, 5.41) is 4.15. The van der Waals surface area contributed by atoms with Gasteiger partial charge in [-0.3, -0.25) is 0 Å². The lowest BCUT2D eigenvalue weighted by Gasteiger charge is -1.90. The molecule has 66 valence electrons. The van der Waals surface area contributed by atoms with E-state index in [0.29, 0.717) is 0 Å². The van der Waals surface area contributed by atoms with Gasteiger partial charge in [-0.2, -0.15) is 17.7 Å². The third kappa shape index (κ3) is 1.58. The lowest BCUT2D eigenvalue weighted by Crippen LogP contribution is -1.86. The van der Waals surface area contributed by atoms with E-state index in [1.165, 1.54) is 0 Å². The van der Waals surface area contributed by atoms with Gasteiger partial charge in [0.1, 0.15) is 0 Å². The highest BCUT2D eigenvalue weighted by atomic mass is 32.1. The third-order valence-electron chi connectivity index (χ3n) is 1.71. The Morgan fingerprint density at radius 2 is 2.46 bits per heavy atom. The van der Waals surface area contributed by atoms with Gasteiger partial charge in [0.2, 0.25) is 0 Å². The molecule has 0 aliphatic carbocycles. The van der Waals surface area contributed by atoms with Crippen LogP contribution in [0.3, 0.4) is 0 Å². The monoisotopic (exact) mass is 191 g/mol. The second kappa shape index (κ2) is 3.62. The highest BCUT2D eigenvalue weighted by molar-refractivity contribution is 7.80. The zero-order valence-corrected chi connectivity index (χ0v) is 7.85. The van der Waals surface area contributed by atoms with Crippen LogP contribution in [0.2, 0.25) is 0 Å². The van der Waals surface area contributed by atoms with Crippen LogP contribution in [-0.2, 0) is 0 Å². The smallest absolute Gasteiger partial charge is 0.162 e. The Labute approximate surface area is 81.5 Å². The number of nitrogens with zero attached hydrogens (tertiary/aromatic N) is 3. The van der Waals surface area contributed by atoms with Crippen LogP contribution < -0.4 is 0 Å². The molecule has 13 heavy (non-hydrogen) atoms. The van der Waals surface area contributed by atoms with Gasteiger partial charge in [0.25, 0.3) is 0 Å². The summed E-state index contributed by atoms with van der Waals surface area (Å²) in [7, 11) is 0. The Morgan fingerprint density at radius 3 is 3.31 bits per heavy atom. The average Bonchev–Trinajstić information content (AvgIpc) is 2.58. The van der Waals surface area contributed by atoms with E-state index >= 15 is 0 Å². The molecule has 0 radical (unpaired) electrons. The Kier molecular flexibility index (Phi) is 2.31. The fraction of sp³-hybridized carbons (Fsp3) is 0.111. The zero-order chi connectivity index (χ0) is 9.10. The molecule has 0 aliphatic heterocycles. The zero-order valence-electron chi connectivity index (χ0n) is 6.96. The van der Waals surface area contributed by atoms with Crippen molar-refractivity contribution in [3.63, 3.8) is 0 Å². The minimum Gasteiger partial charge on any atom is -0.236 e. The van der Waals surface area contributed by atoms with Crippen molar-refractivity contribution in [2.45, 2.75) is 0 Å². The minimum absolute atomic E-state index is 0.726. The molecule has 0 aromatic carbocycles. The quantitative estimate of drug-likeness (QED) is 0.732. The van der Waals surface area contributed by atoms with Gasteiger partial charge >= 0.3 is 0 Å². The normalized spacial score (nSPS) is 11.5. The summed E-state index contributed by atoms with van der Waals surface area (Å²) >= 11 is 4.09. The molecule has 0 spiro atoms. The molecular formula is C9H9N3S. The molecular weight excluding hydrogens is 182 g/mol. The maximum atomic E-state index is 4.22. The van der Waals surface area contributed by atoms with Gasteiger partial charge in [-0.1, -0.05) is 12.2 Å². The maximum Gasteiger partial charge on any atom is 0.162 e. The summed E-state index contributed by atoms with van der Waals surface area (Å²) in [4.78, 5) is 4.22. The van der Waals surface area contributed by atoms with Crippen LogP contribution in [-0.4, -0.2) is 20.4 Å². The molecule has 2 aromatic heterocycles. The number of hydrogen-bond acceptors (Lipinski definition) is 3. The van der Waals surface area contributed by atoms with Crippen molar-refractivity contribution in [2.24, 2.45) is 0 Å². The van der Waals surface area contributed by atoms with E-state index in [2.05, 4.69) is 22.7 Å². The molecule has 2 aromatic rings. The number of aromatic nitrogens is 3. The first kappa shape index (κ1) is 8.31. The summed E-state index contributed by atoms with van der Waals surface area (Å²) in [6.45, 7) is 0. The van der Waals surface area contributed by atoms with Crippen molar-refractivity contribution < 1.29 is 0 Å². The summed E-state index contributed by atoms with van der Waals surface area (Å²) < 4.78 is 1.75. The number of rotatable bonds is 2. The maximum absolute atomic E-state index is 4.22. The first-order valence-corrected chi connectivity index (χ1v) is 4.61. The second-order valence-corrected chi connectivity index (χ2v) is 2.94. The number of thiol groups is 1. The van der Waals surface area contributed by atoms with Gasteiger partial charge < -0.3 is 0 Å². The van der Waals surface area contributed by atoms with Crippen molar-refractivity contribution in [1.29, 1.82) is 0 Å². The molecule has 0 unspecified atom stereocenters. The highest BCUT2D eigenvalue weighted by Crippen LogP contribution is 2.08. The summed E-state index contributed by atoms with van der Waals surface area (Å²) in [5.74, 6) is 0.726. The number of fused-ring (bicyclic) bond motifs is 1. The molecule has 3 nitrogen and oxygen atoms in total. The van der Waals surface area contributed by atoms with Gasteiger partial charge in [0, 0.05) is 23.7 Å². The van der Waals surface area contributed by atoms with Gasteiger partial charge in [0.15, 0.2) is 5.65 Å². The van der Waals surface area contributed by atoms with E-state index in [9.17, 15) is 0 Å². The molecule has 2 rings (SSSR count). The van der Waals surface area contributed by atoms with Crippen molar-refractivity contribution in [3.05, 3.63) is 36.3 Å². The predicted molar refractivity (Wildman–Crippen MR) is 55.9 cm³/mol. The Morgan fingerprint density at radius 1 is 1.54 bits per heavy atom. The first-order valence-electron chi connectivity index (χ1n) is 3.97. The van der Waals surface area contributed by atoms with E-state index in [1.807, 2.05) is 24.4 Å². The molecule has 0 saturated carbocycles.